The summed E-state index contributed by atoms with van der Waals surface area (Å²) in [6, 6.07) is 6.29. The molecule has 122 valence electrons. The van der Waals surface area contributed by atoms with Crippen molar-refractivity contribution in [3.05, 3.63) is 30.0 Å². The van der Waals surface area contributed by atoms with Crippen LogP contribution in [0.3, 0.4) is 0 Å². The number of aromatic nitrogens is 1. The minimum atomic E-state index is 0.245. The topological polar surface area (TPSA) is 31.4 Å². The summed E-state index contributed by atoms with van der Waals surface area (Å²) in [7, 11) is 5.74. The number of fused-ring (bicyclic) bond motifs is 1. The highest BCUT2D eigenvalue weighted by atomic mass is 16.5. The summed E-state index contributed by atoms with van der Waals surface area (Å²) in [4.78, 5) is 4.70. The maximum atomic E-state index is 5.44. The van der Waals surface area contributed by atoms with Gasteiger partial charge in [0.1, 0.15) is 7.85 Å². The van der Waals surface area contributed by atoms with E-state index in [1.165, 1.54) is 50.5 Å². The van der Waals surface area contributed by atoms with E-state index in [-0.39, 0.29) is 5.31 Å². The molecule has 3 rings (SSSR count). The quantitative estimate of drug-likeness (QED) is 0.807. The van der Waals surface area contributed by atoms with Crippen molar-refractivity contribution >= 4 is 18.7 Å². The average Bonchev–Trinajstić information content (AvgIpc) is 2.56. The number of methoxy groups -OCH3 is 2. The Morgan fingerprint density at radius 3 is 2.17 bits per heavy atom. The number of ether oxygens (including phenoxy) is 2. The molecule has 1 aromatic heterocycles. The molecule has 0 atom stereocenters. The first-order chi connectivity index (χ1) is 11.2. The van der Waals surface area contributed by atoms with Gasteiger partial charge in [0.05, 0.1) is 19.7 Å². The fourth-order valence-electron chi connectivity index (χ4n) is 3.76. The molecule has 1 aromatic carbocycles. The molecule has 1 aliphatic rings. The highest BCUT2D eigenvalue weighted by Crippen LogP contribution is 2.37. The van der Waals surface area contributed by atoms with Crippen LogP contribution < -0.4 is 9.47 Å². The van der Waals surface area contributed by atoms with Crippen molar-refractivity contribution in [1.29, 1.82) is 0 Å². The van der Waals surface area contributed by atoms with Gasteiger partial charge in [0.25, 0.3) is 0 Å². The van der Waals surface area contributed by atoms with E-state index in [0.717, 1.165) is 22.4 Å². The van der Waals surface area contributed by atoms with Crippen LogP contribution >= 0.6 is 0 Å². The first-order valence-electron chi connectivity index (χ1n) is 8.68. The SMILES string of the molecule is BC1(c2cnc3cc(OC)c(OC)cc3c2)CCCCCCC1. The summed E-state index contributed by atoms with van der Waals surface area (Å²) in [5, 5.41) is 1.37. The van der Waals surface area contributed by atoms with Crippen LogP contribution in [0.25, 0.3) is 10.9 Å². The van der Waals surface area contributed by atoms with Crippen molar-refractivity contribution in [2.45, 2.75) is 50.3 Å². The minimum Gasteiger partial charge on any atom is -0.493 e. The predicted molar refractivity (Wildman–Crippen MR) is 97.4 cm³/mol. The lowest BCUT2D eigenvalue weighted by atomic mass is 9.58. The second-order valence-corrected chi connectivity index (χ2v) is 6.95. The molecule has 4 heteroatoms. The Morgan fingerprint density at radius 2 is 1.52 bits per heavy atom. The summed E-state index contributed by atoms with van der Waals surface area (Å²) in [6.07, 6.45) is 11.3. The minimum absolute atomic E-state index is 0.245. The lowest BCUT2D eigenvalue weighted by Gasteiger charge is -2.32. The van der Waals surface area contributed by atoms with Gasteiger partial charge in [0.2, 0.25) is 0 Å². The Hall–Kier alpha value is -1.71. The van der Waals surface area contributed by atoms with E-state index in [9.17, 15) is 0 Å². The van der Waals surface area contributed by atoms with E-state index in [0.29, 0.717) is 0 Å². The summed E-state index contributed by atoms with van der Waals surface area (Å²) in [6.45, 7) is 0. The van der Waals surface area contributed by atoms with E-state index in [1.54, 1.807) is 14.2 Å². The molecule has 0 bridgehead atoms. The number of pyridine rings is 1. The van der Waals surface area contributed by atoms with Gasteiger partial charge in [0, 0.05) is 17.6 Å². The van der Waals surface area contributed by atoms with Gasteiger partial charge in [-0.1, -0.05) is 44.9 Å². The first kappa shape index (κ1) is 16.2. The zero-order valence-electron chi connectivity index (χ0n) is 14.5. The molecule has 0 unspecified atom stereocenters. The van der Waals surface area contributed by atoms with Gasteiger partial charge in [-0.3, -0.25) is 4.98 Å². The van der Waals surface area contributed by atoms with Crippen LogP contribution in [0.2, 0.25) is 0 Å². The lowest BCUT2D eigenvalue weighted by molar-refractivity contribution is 0.355. The Labute approximate surface area is 139 Å². The maximum Gasteiger partial charge on any atom is 0.162 e. The second-order valence-electron chi connectivity index (χ2n) is 6.95. The highest BCUT2D eigenvalue weighted by molar-refractivity contribution is 6.16. The molecule has 0 radical (unpaired) electrons. The molecule has 1 saturated carbocycles. The molecule has 0 N–H and O–H groups in total. The van der Waals surface area contributed by atoms with Gasteiger partial charge in [-0.25, -0.2) is 0 Å². The number of hydrogen-bond donors (Lipinski definition) is 0. The molecule has 0 amide bonds. The number of nitrogens with zero attached hydrogens (tertiary/aromatic N) is 1. The van der Waals surface area contributed by atoms with E-state index in [1.807, 2.05) is 12.1 Å². The normalized spacial score (nSPS) is 18.2. The molecule has 1 fully saturated rings. The Kier molecular flexibility index (Phi) is 4.79. The molecule has 0 aliphatic heterocycles. The van der Waals surface area contributed by atoms with Crippen LogP contribution in [0.15, 0.2) is 24.4 Å². The van der Waals surface area contributed by atoms with E-state index in [4.69, 9.17) is 14.5 Å². The van der Waals surface area contributed by atoms with Crippen molar-refractivity contribution in [1.82, 2.24) is 4.98 Å². The van der Waals surface area contributed by atoms with Gasteiger partial charge in [-0.05, 0) is 23.0 Å². The van der Waals surface area contributed by atoms with Crippen molar-refractivity contribution in [3.8, 4) is 11.5 Å². The van der Waals surface area contributed by atoms with Gasteiger partial charge >= 0.3 is 0 Å². The summed E-state index contributed by atoms with van der Waals surface area (Å²) < 4.78 is 10.8. The summed E-state index contributed by atoms with van der Waals surface area (Å²) in [5.41, 5.74) is 2.32. The van der Waals surface area contributed by atoms with Gasteiger partial charge in [-0.15, -0.1) is 0 Å². The van der Waals surface area contributed by atoms with Gasteiger partial charge in [-0.2, -0.15) is 0 Å². The summed E-state index contributed by atoms with van der Waals surface area (Å²) >= 11 is 0. The Bertz CT molecular complexity index is 678. The second kappa shape index (κ2) is 6.82. The van der Waals surface area contributed by atoms with Crippen LogP contribution in [0.4, 0.5) is 0 Å². The average molecular weight is 311 g/mol. The van der Waals surface area contributed by atoms with Crippen LogP contribution in [-0.2, 0) is 5.31 Å². The maximum absolute atomic E-state index is 5.44. The third kappa shape index (κ3) is 3.31. The molecule has 3 nitrogen and oxygen atoms in total. The largest absolute Gasteiger partial charge is 0.493 e. The third-order valence-electron chi connectivity index (χ3n) is 5.34. The van der Waals surface area contributed by atoms with E-state index in [2.05, 4.69) is 20.1 Å². The zero-order valence-corrected chi connectivity index (χ0v) is 14.5. The zero-order chi connectivity index (χ0) is 16.3. The van der Waals surface area contributed by atoms with Crippen molar-refractivity contribution in [2.24, 2.45) is 0 Å². The molecular formula is C19H26BNO2. The lowest BCUT2D eigenvalue weighted by Crippen LogP contribution is -2.27. The first-order valence-corrected chi connectivity index (χ1v) is 8.68. The fraction of sp³-hybridized carbons (Fsp3) is 0.526. The van der Waals surface area contributed by atoms with Gasteiger partial charge in [0.15, 0.2) is 11.5 Å². The van der Waals surface area contributed by atoms with Crippen LogP contribution in [0.1, 0.15) is 50.5 Å². The molecule has 2 aromatic rings. The highest BCUT2D eigenvalue weighted by Gasteiger charge is 2.27. The summed E-state index contributed by atoms with van der Waals surface area (Å²) in [5.74, 6) is 1.50. The number of rotatable bonds is 3. The monoisotopic (exact) mass is 311 g/mol. The molecule has 0 spiro atoms. The number of hydrogen-bond acceptors (Lipinski definition) is 3. The van der Waals surface area contributed by atoms with Crippen LogP contribution in [-0.4, -0.2) is 27.0 Å². The number of benzene rings is 1. The molecular weight excluding hydrogens is 285 g/mol. The van der Waals surface area contributed by atoms with Crippen LogP contribution in [0, 0.1) is 0 Å². The van der Waals surface area contributed by atoms with E-state index < -0.39 is 0 Å². The fourth-order valence-corrected chi connectivity index (χ4v) is 3.76. The third-order valence-corrected chi connectivity index (χ3v) is 5.34. The molecule has 1 heterocycles. The molecule has 0 saturated heterocycles. The van der Waals surface area contributed by atoms with Crippen LogP contribution in [0.5, 0.6) is 11.5 Å². The molecule has 1 aliphatic carbocycles. The Balaban J connectivity index is 2.01. The van der Waals surface area contributed by atoms with Crippen molar-refractivity contribution in [3.63, 3.8) is 0 Å². The molecule has 23 heavy (non-hydrogen) atoms. The van der Waals surface area contributed by atoms with E-state index >= 15 is 0 Å². The predicted octanol–water partition coefficient (Wildman–Crippen LogP) is 3.82. The smallest absolute Gasteiger partial charge is 0.162 e. The van der Waals surface area contributed by atoms with Crippen molar-refractivity contribution in [2.75, 3.05) is 14.2 Å². The Morgan fingerprint density at radius 1 is 0.913 bits per heavy atom. The van der Waals surface area contributed by atoms with Crippen molar-refractivity contribution < 1.29 is 9.47 Å². The standard InChI is InChI=1S/C19H26BNO2/c1-22-17-11-14-10-15(13-21-16(14)12-18(17)23-2)19(20)8-6-4-3-5-7-9-19/h10-13H,3-9,20H2,1-2H3. The van der Waals surface area contributed by atoms with Gasteiger partial charge < -0.3 is 9.47 Å².